The lowest BCUT2D eigenvalue weighted by Crippen LogP contribution is -2.46. The molecule has 1 amide bonds. The molecule has 2 aliphatic rings. The first-order valence-corrected chi connectivity index (χ1v) is 9.10. The summed E-state index contributed by atoms with van der Waals surface area (Å²) in [6, 6.07) is 0.401. The number of amides is 1. The molecule has 1 aliphatic carbocycles. The second-order valence-corrected chi connectivity index (χ2v) is 7.63. The summed E-state index contributed by atoms with van der Waals surface area (Å²) in [6.07, 6.45) is 6.68. The Hall–Kier alpha value is -0.980. The number of aliphatic hydroxyl groups excluding tert-OH is 1. The van der Waals surface area contributed by atoms with Crippen molar-refractivity contribution >= 4 is 22.4 Å². The molecule has 122 valence electrons. The van der Waals surface area contributed by atoms with E-state index in [0.717, 1.165) is 37.4 Å². The highest BCUT2D eigenvalue weighted by atomic mass is 32.1. The maximum absolute atomic E-state index is 12.3. The number of hydrogen-bond acceptors (Lipinski definition) is 5. The standard InChI is InChI=1S/C16H25N3O2S/c1-11-6-7-12(10-20)8-19(11)9-15(21)18-16-17-13-4-2-3-5-14(13)22-16/h11-12,20H,2-10H2,1H3,(H,17,18,21). The lowest BCUT2D eigenvalue weighted by molar-refractivity contribution is -0.118. The third kappa shape index (κ3) is 3.67. The number of nitrogens with zero attached hydrogens (tertiary/aromatic N) is 2. The molecule has 2 N–H and O–H groups in total. The van der Waals surface area contributed by atoms with Crippen LogP contribution in [-0.2, 0) is 17.6 Å². The van der Waals surface area contributed by atoms with Crippen LogP contribution < -0.4 is 5.32 Å². The van der Waals surface area contributed by atoms with E-state index in [0.29, 0.717) is 18.5 Å². The molecule has 3 rings (SSSR count). The predicted octanol–water partition coefficient (Wildman–Crippen LogP) is 2.05. The molecule has 1 aromatic heterocycles. The van der Waals surface area contributed by atoms with E-state index in [1.165, 1.54) is 23.4 Å². The minimum atomic E-state index is 0.0107. The zero-order valence-corrected chi connectivity index (χ0v) is 14.0. The van der Waals surface area contributed by atoms with Gasteiger partial charge in [-0.25, -0.2) is 4.98 Å². The number of likely N-dealkylation sites (tertiary alicyclic amines) is 1. The van der Waals surface area contributed by atoms with Gasteiger partial charge in [0.2, 0.25) is 5.91 Å². The highest BCUT2D eigenvalue weighted by molar-refractivity contribution is 7.15. The number of nitrogens with one attached hydrogen (secondary N) is 1. The first kappa shape index (κ1) is 15.9. The summed E-state index contributed by atoms with van der Waals surface area (Å²) < 4.78 is 0. The normalized spacial score (nSPS) is 25.7. The number of fused-ring (bicyclic) bond motifs is 1. The van der Waals surface area contributed by atoms with Crippen LogP contribution in [0.2, 0.25) is 0 Å². The van der Waals surface area contributed by atoms with Gasteiger partial charge in [0.1, 0.15) is 0 Å². The van der Waals surface area contributed by atoms with E-state index in [1.54, 1.807) is 11.3 Å². The molecule has 2 heterocycles. The van der Waals surface area contributed by atoms with E-state index < -0.39 is 0 Å². The molecular weight excluding hydrogens is 298 g/mol. The van der Waals surface area contributed by atoms with Crippen molar-refractivity contribution in [1.82, 2.24) is 9.88 Å². The molecule has 2 unspecified atom stereocenters. The van der Waals surface area contributed by atoms with Crippen molar-refractivity contribution in [1.29, 1.82) is 0 Å². The number of piperidine rings is 1. The minimum absolute atomic E-state index is 0.0107. The molecule has 0 spiro atoms. The van der Waals surface area contributed by atoms with Gasteiger partial charge in [0.15, 0.2) is 5.13 Å². The third-order valence-electron chi connectivity index (χ3n) is 4.81. The van der Waals surface area contributed by atoms with Crippen molar-refractivity contribution < 1.29 is 9.90 Å². The average Bonchev–Trinajstić information content (AvgIpc) is 2.91. The quantitative estimate of drug-likeness (QED) is 0.890. The molecular formula is C16H25N3O2S. The van der Waals surface area contributed by atoms with Gasteiger partial charge in [-0.15, -0.1) is 11.3 Å². The molecule has 2 atom stereocenters. The van der Waals surface area contributed by atoms with Gasteiger partial charge >= 0.3 is 0 Å². The monoisotopic (exact) mass is 323 g/mol. The summed E-state index contributed by atoms with van der Waals surface area (Å²) >= 11 is 1.63. The van der Waals surface area contributed by atoms with E-state index in [1.807, 2.05) is 0 Å². The Balaban J connectivity index is 1.56. The molecule has 1 fully saturated rings. The number of anilines is 1. The van der Waals surface area contributed by atoms with Gasteiger partial charge in [0.05, 0.1) is 12.2 Å². The van der Waals surface area contributed by atoms with E-state index in [9.17, 15) is 9.90 Å². The molecule has 6 heteroatoms. The largest absolute Gasteiger partial charge is 0.396 e. The van der Waals surface area contributed by atoms with Gasteiger partial charge < -0.3 is 10.4 Å². The van der Waals surface area contributed by atoms with Crippen LogP contribution in [0.1, 0.15) is 43.2 Å². The Morgan fingerprint density at radius 2 is 2.23 bits per heavy atom. The highest BCUT2D eigenvalue weighted by Crippen LogP contribution is 2.29. The third-order valence-corrected chi connectivity index (χ3v) is 5.88. The maximum atomic E-state index is 12.3. The lowest BCUT2D eigenvalue weighted by Gasteiger charge is -2.36. The maximum Gasteiger partial charge on any atom is 0.240 e. The number of aryl methyl sites for hydroxylation is 2. The summed E-state index contributed by atoms with van der Waals surface area (Å²) in [6.45, 7) is 3.56. The van der Waals surface area contributed by atoms with Crippen molar-refractivity contribution in [3.63, 3.8) is 0 Å². The Labute approximate surface area is 135 Å². The van der Waals surface area contributed by atoms with Gasteiger partial charge in [-0.1, -0.05) is 0 Å². The number of hydrogen-bond donors (Lipinski definition) is 2. The Morgan fingerprint density at radius 3 is 3.00 bits per heavy atom. The molecule has 1 aromatic rings. The number of rotatable bonds is 4. The van der Waals surface area contributed by atoms with Crippen molar-refractivity contribution in [2.75, 3.05) is 25.0 Å². The SMILES string of the molecule is CC1CCC(CO)CN1CC(=O)Nc1nc2c(s1)CCCC2. The fraction of sp³-hybridized carbons (Fsp3) is 0.750. The van der Waals surface area contributed by atoms with Crippen LogP contribution >= 0.6 is 11.3 Å². The first-order valence-electron chi connectivity index (χ1n) is 8.29. The lowest BCUT2D eigenvalue weighted by atomic mass is 9.94. The molecule has 0 bridgehead atoms. The van der Waals surface area contributed by atoms with Crippen LogP contribution in [0.25, 0.3) is 0 Å². The summed E-state index contributed by atoms with van der Waals surface area (Å²) in [5, 5.41) is 13.0. The summed E-state index contributed by atoms with van der Waals surface area (Å²) in [5.41, 5.74) is 1.18. The van der Waals surface area contributed by atoms with Crippen molar-refractivity contribution in [2.45, 2.75) is 51.5 Å². The number of aliphatic hydroxyl groups is 1. The number of carbonyl (C=O) groups excluding carboxylic acids is 1. The van der Waals surface area contributed by atoms with Gasteiger partial charge in [-0.3, -0.25) is 9.69 Å². The second-order valence-electron chi connectivity index (χ2n) is 6.55. The molecule has 5 nitrogen and oxygen atoms in total. The fourth-order valence-corrected chi connectivity index (χ4v) is 4.45. The van der Waals surface area contributed by atoms with Crippen LogP contribution in [-0.4, -0.2) is 46.6 Å². The topological polar surface area (TPSA) is 65.5 Å². The van der Waals surface area contributed by atoms with Crippen molar-refractivity contribution in [2.24, 2.45) is 5.92 Å². The van der Waals surface area contributed by atoms with Crippen molar-refractivity contribution in [3.8, 4) is 0 Å². The molecule has 0 radical (unpaired) electrons. The Kier molecular flexibility index (Phi) is 5.10. The van der Waals surface area contributed by atoms with Gasteiger partial charge in [-0.2, -0.15) is 0 Å². The van der Waals surface area contributed by atoms with E-state index >= 15 is 0 Å². The minimum Gasteiger partial charge on any atom is -0.396 e. The summed E-state index contributed by atoms with van der Waals surface area (Å²) in [4.78, 5) is 20.4. The van der Waals surface area contributed by atoms with E-state index in [4.69, 9.17) is 0 Å². The van der Waals surface area contributed by atoms with Crippen LogP contribution in [0.4, 0.5) is 5.13 Å². The van der Waals surface area contributed by atoms with Gasteiger partial charge in [0, 0.05) is 24.1 Å². The van der Waals surface area contributed by atoms with Gasteiger partial charge in [0.25, 0.3) is 0 Å². The number of thiazole rings is 1. The summed E-state index contributed by atoms with van der Waals surface area (Å²) in [7, 11) is 0. The number of aromatic nitrogens is 1. The second kappa shape index (κ2) is 7.06. The smallest absolute Gasteiger partial charge is 0.240 e. The Bertz CT molecular complexity index is 508. The van der Waals surface area contributed by atoms with Crippen LogP contribution in [0, 0.1) is 5.92 Å². The molecule has 0 saturated carbocycles. The zero-order chi connectivity index (χ0) is 15.5. The zero-order valence-electron chi connectivity index (χ0n) is 13.2. The van der Waals surface area contributed by atoms with E-state index in [-0.39, 0.29) is 12.5 Å². The number of carbonyl (C=O) groups is 1. The first-order chi connectivity index (χ1) is 10.7. The summed E-state index contributed by atoms with van der Waals surface area (Å²) in [5.74, 6) is 0.313. The molecule has 22 heavy (non-hydrogen) atoms. The fourth-order valence-electron chi connectivity index (χ4n) is 3.38. The molecule has 1 saturated heterocycles. The average molecular weight is 323 g/mol. The molecule has 1 aliphatic heterocycles. The van der Waals surface area contributed by atoms with Crippen molar-refractivity contribution in [3.05, 3.63) is 10.6 Å². The van der Waals surface area contributed by atoms with Crippen LogP contribution in [0.3, 0.4) is 0 Å². The Morgan fingerprint density at radius 1 is 1.41 bits per heavy atom. The van der Waals surface area contributed by atoms with Gasteiger partial charge in [-0.05, 0) is 51.4 Å². The van der Waals surface area contributed by atoms with Crippen LogP contribution in [0.15, 0.2) is 0 Å². The molecule has 0 aromatic carbocycles. The predicted molar refractivity (Wildman–Crippen MR) is 88.2 cm³/mol. The van der Waals surface area contributed by atoms with Crippen LogP contribution in [0.5, 0.6) is 0 Å². The highest BCUT2D eigenvalue weighted by Gasteiger charge is 2.26. The van der Waals surface area contributed by atoms with E-state index in [2.05, 4.69) is 22.1 Å².